The Morgan fingerprint density at radius 2 is 1.96 bits per heavy atom. The third-order valence-corrected chi connectivity index (χ3v) is 3.09. The normalized spacial score (nSPS) is 10.5. The smallest absolute Gasteiger partial charge is 0.408 e. The van der Waals surface area contributed by atoms with Crippen molar-refractivity contribution < 1.29 is 13.6 Å². The van der Waals surface area contributed by atoms with Crippen LogP contribution in [-0.4, -0.2) is 11.0 Å². The van der Waals surface area contributed by atoms with Gasteiger partial charge < -0.3 is 15.1 Å². The van der Waals surface area contributed by atoms with E-state index in [1.165, 1.54) is 24.3 Å². The average molecular weight is 313 g/mol. The zero-order valence-electron chi connectivity index (χ0n) is 11.9. The van der Waals surface area contributed by atoms with Crippen LogP contribution < -0.4 is 16.4 Å². The summed E-state index contributed by atoms with van der Waals surface area (Å²) in [5.41, 5.74) is 2.13. The lowest BCUT2D eigenvalue weighted by Gasteiger charge is -2.08. The highest BCUT2D eigenvalue weighted by Crippen LogP contribution is 2.18. The first-order chi connectivity index (χ1) is 11.0. The molecule has 0 saturated heterocycles. The molecule has 116 valence electrons. The maximum Gasteiger partial charge on any atom is 0.417 e. The van der Waals surface area contributed by atoms with Gasteiger partial charge in [-0.05, 0) is 35.9 Å². The molecule has 0 saturated carbocycles. The molecule has 0 aliphatic rings. The Hall–Kier alpha value is -3.35. The van der Waals surface area contributed by atoms with E-state index in [9.17, 15) is 14.0 Å². The summed E-state index contributed by atoms with van der Waals surface area (Å²) in [5.74, 6) is -1.05. The van der Waals surface area contributed by atoms with Crippen LogP contribution in [0.2, 0.25) is 0 Å². The van der Waals surface area contributed by atoms with Crippen molar-refractivity contribution in [2.75, 3.05) is 10.6 Å². The molecule has 7 heteroatoms. The van der Waals surface area contributed by atoms with Gasteiger partial charge in [-0.25, -0.2) is 14.0 Å². The fourth-order valence-corrected chi connectivity index (χ4v) is 2.12. The molecule has 2 aromatic carbocycles. The highest BCUT2D eigenvalue weighted by atomic mass is 19.1. The second-order valence-corrected chi connectivity index (χ2v) is 4.78. The summed E-state index contributed by atoms with van der Waals surface area (Å²) < 4.78 is 18.3. The fraction of sp³-hybridized carbons (Fsp3) is 0. The number of oxazole rings is 1. The largest absolute Gasteiger partial charge is 0.417 e. The molecule has 0 spiro atoms. The molecule has 23 heavy (non-hydrogen) atoms. The number of hydrogen-bond acceptors (Lipinski definition) is 3. The number of halogens is 1. The fourth-order valence-electron chi connectivity index (χ4n) is 2.12. The summed E-state index contributed by atoms with van der Waals surface area (Å²) in [6.07, 6.45) is 1.48. The summed E-state index contributed by atoms with van der Waals surface area (Å²) in [6, 6.07) is 8.25. The van der Waals surface area contributed by atoms with Crippen LogP contribution in [0.1, 0.15) is 5.56 Å². The predicted molar refractivity (Wildman–Crippen MR) is 86.0 cm³/mol. The topological polar surface area (TPSA) is 87.1 Å². The van der Waals surface area contributed by atoms with Crippen molar-refractivity contribution in [3.63, 3.8) is 0 Å². The maximum absolute atomic E-state index is 13.4. The highest BCUT2D eigenvalue weighted by Gasteiger charge is 2.07. The van der Waals surface area contributed by atoms with Crippen LogP contribution in [-0.2, 0) is 0 Å². The average Bonchev–Trinajstić information content (AvgIpc) is 2.85. The second kappa shape index (κ2) is 5.80. The van der Waals surface area contributed by atoms with Crippen LogP contribution >= 0.6 is 0 Å². The first-order valence-electron chi connectivity index (χ1n) is 6.67. The number of anilines is 2. The Morgan fingerprint density at radius 3 is 2.74 bits per heavy atom. The summed E-state index contributed by atoms with van der Waals surface area (Å²) in [6.45, 7) is 3.56. The number of amides is 2. The lowest BCUT2D eigenvalue weighted by molar-refractivity contribution is 0.262. The number of hydrogen-bond donors (Lipinski definition) is 3. The number of aromatic nitrogens is 1. The van der Waals surface area contributed by atoms with Crippen molar-refractivity contribution >= 4 is 34.6 Å². The second-order valence-electron chi connectivity index (χ2n) is 4.78. The first-order valence-corrected chi connectivity index (χ1v) is 6.67. The number of benzene rings is 2. The molecule has 3 aromatic rings. The molecule has 3 rings (SSSR count). The number of aromatic amines is 1. The number of nitrogens with one attached hydrogen (secondary N) is 3. The Labute approximate surface area is 129 Å². The summed E-state index contributed by atoms with van der Waals surface area (Å²) in [5, 5.41) is 5.10. The zero-order valence-corrected chi connectivity index (χ0v) is 11.9. The van der Waals surface area contributed by atoms with E-state index in [-0.39, 0.29) is 0 Å². The highest BCUT2D eigenvalue weighted by molar-refractivity contribution is 6.00. The van der Waals surface area contributed by atoms with Gasteiger partial charge in [0, 0.05) is 17.4 Å². The summed E-state index contributed by atoms with van der Waals surface area (Å²) in [7, 11) is 0. The standard InChI is InChI=1S/C16H12FN3O3/c1-2-9-5-10(17)7-12(6-9)19-15(21)18-11-3-4-13-14(8-11)23-16(22)20-13/h2-8H,1H2,(H,20,22)(H2,18,19,21). The maximum atomic E-state index is 13.4. The van der Waals surface area contributed by atoms with Gasteiger partial charge in [-0.15, -0.1) is 0 Å². The van der Waals surface area contributed by atoms with Crippen LogP contribution in [0.4, 0.5) is 20.6 Å². The van der Waals surface area contributed by atoms with Crippen molar-refractivity contribution in [2.45, 2.75) is 0 Å². The molecule has 0 atom stereocenters. The lowest BCUT2D eigenvalue weighted by atomic mass is 10.2. The van der Waals surface area contributed by atoms with E-state index in [0.29, 0.717) is 28.0 Å². The van der Waals surface area contributed by atoms with Gasteiger partial charge in [-0.1, -0.05) is 12.7 Å². The number of fused-ring (bicyclic) bond motifs is 1. The monoisotopic (exact) mass is 313 g/mol. The third-order valence-electron chi connectivity index (χ3n) is 3.09. The number of carbonyl (C=O) groups excluding carboxylic acids is 1. The van der Waals surface area contributed by atoms with E-state index < -0.39 is 17.6 Å². The van der Waals surface area contributed by atoms with E-state index in [4.69, 9.17) is 4.42 Å². The lowest BCUT2D eigenvalue weighted by Crippen LogP contribution is -2.19. The van der Waals surface area contributed by atoms with Gasteiger partial charge in [0.2, 0.25) is 0 Å². The number of urea groups is 1. The Bertz CT molecular complexity index is 959. The van der Waals surface area contributed by atoms with E-state index in [0.717, 1.165) is 0 Å². The van der Waals surface area contributed by atoms with E-state index in [1.54, 1.807) is 18.2 Å². The Kier molecular flexibility index (Phi) is 3.68. The quantitative estimate of drug-likeness (QED) is 0.691. The molecular weight excluding hydrogens is 301 g/mol. The molecule has 0 aliphatic carbocycles. The van der Waals surface area contributed by atoms with Gasteiger partial charge >= 0.3 is 11.8 Å². The molecule has 0 bridgehead atoms. The minimum atomic E-state index is -0.571. The van der Waals surface area contributed by atoms with E-state index in [2.05, 4.69) is 22.2 Å². The summed E-state index contributed by atoms with van der Waals surface area (Å²) >= 11 is 0. The molecular formula is C16H12FN3O3. The first kappa shape index (κ1) is 14.6. The van der Waals surface area contributed by atoms with Gasteiger partial charge in [0.25, 0.3) is 0 Å². The van der Waals surface area contributed by atoms with Gasteiger partial charge in [0.1, 0.15) is 5.82 Å². The molecule has 1 aromatic heterocycles. The van der Waals surface area contributed by atoms with E-state index >= 15 is 0 Å². The van der Waals surface area contributed by atoms with E-state index in [1.807, 2.05) is 0 Å². The van der Waals surface area contributed by atoms with Crippen molar-refractivity contribution in [1.29, 1.82) is 0 Å². The van der Waals surface area contributed by atoms with Crippen molar-refractivity contribution in [1.82, 2.24) is 4.98 Å². The molecule has 6 nitrogen and oxygen atoms in total. The summed E-state index contributed by atoms with van der Waals surface area (Å²) in [4.78, 5) is 25.5. The Morgan fingerprint density at radius 1 is 1.17 bits per heavy atom. The van der Waals surface area contributed by atoms with Crippen LogP contribution in [0.3, 0.4) is 0 Å². The third kappa shape index (κ3) is 3.29. The molecule has 2 amide bonds. The Balaban J connectivity index is 1.76. The van der Waals surface area contributed by atoms with Crippen molar-refractivity contribution in [2.24, 2.45) is 0 Å². The number of rotatable bonds is 3. The molecule has 0 fully saturated rings. The van der Waals surface area contributed by atoms with Crippen molar-refractivity contribution in [3.8, 4) is 0 Å². The van der Waals surface area contributed by atoms with Gasteiger partial charge in [-0.3, -0.25) is 4.98 Å². The molecule has 1 heterocycles. The zero-order chi connectivity index (χ0) is 16.4. The van der Waals surface area contributed by atoms with Crippen LogP contribution in [0, 0.1) is 5.82 Å². The minimum Gasteiger partial charge on any atom is -0.408 e. The minimum absolute atomic E-state index is 0.298. The molecule has 0 unspecified atom stereocenters. The van der Waals surface area contributed by atoms with Crippen LogP contribution in [0.25, 0.3) is 17.2 Å². The number of H-pyrrole nitrogens is 1. The van der Waals surface area contributed by atoms with Gasteiger partial charge in [-0.2, -0.15) is 0 Å². The molecule has 3 N–H and O–H groups in total. The van der Waals surface area contributed by atoms with Gasteiger partial charge in [0.15, 0.2) is 5.58 Å². The van der Waals surface area contributed by atoms with Gasteiger partial charge in [0.05, 0.1) is 5.52 Å². The van der Waals surface area contributed by atoms with Crippen LogP contribution in [0.5, 0.6) is 0 Å². The number of carbonyl (C=O) groups is 1. The molecule has 0 aliphatic heterocycles. The van der Waals surface area contributed by atoms with Crippen LogP contribution in [0.15, 0.2) is 52.2 Å². The predicted octanol–water partition coefficient (Wildman–Crippen LogP) is 3.55. The SMILES string of the molecule is C=Cc1cc(F)cc(NC(=O)Nc2ccc3[nH]c(=O)oc3c2)c1. The molecule has 0 radical (unpaired) electrons. The van der Waals surface area contributed by atoms with Crippen molar-refractivity contribution in [3.05, 3.63) is 64.9 Å².